The van der Waals surface area contributed by atoms with Crippen LogP contribution in [-0.4, -0.2) is 80.7 Å². The highest BCUT2D eigenvalue weighted by Gasteiger charge is 2.45. The number of aliphatic carboxylic acids is 2. The van der Waals surface area contributed by atoms with Crippen molar-refractivity contribution in [1.29, 1.82) is 0 Å². The number of aromatic nitrogens is 2. The van der Waals surface area contributed by atoms with Crippen molar-refractivity contribution in [2.45, 2.75) is 43.4 Å². The van der Waals surface area contributed by atoms with Crippen molar-refractivity contribution < 1.29 is 55.3 Å². The van der Waals surface area contributed by atoms with E-state index in [-0.39, 0.29) is 11.6 Å². The fourth-order valence-corrected chi connectivity index (χ4v) is 3.48. The standard InChI is InChI=1S/C16H20N4O2.2C2HF3O2/c1-4-17-15(18-5-1)19-14-8-16(22-11-14)3-6-20(12-16)9-13-2-7-21-10-13;2*3-2(4,5)1(6)7/h1-2,4-5,7,10,14H,3,6,8-9,11-12H2,(H,17,18,19);2*(H,6,7). The number of likely N-dealkylation sites (tertiary alicyclic amines) is 1. The Bertz CT molecular complexity index is 949. The van der Waals surface area contributed by atoms with Crippen LogP contribution in [0.5, 0.6) is 0 Å². The minimum absolute atomic E-state index is 0.0177. The molecular weight excluding hydrogens is 506 g/mol. The second-order valence-corrected chi connectivity index (χ2v) is 7.81. The molecule has 2 aromatic heterocycles. The highest BCUT2D eigenvalue weighted by atomic mass is 19.4. The Morgan fingerprint density at radius 1 is 1.11 bits per heavy atom. The molecule has 0 radical (unpaired) electrons. The fraction of sp³-hybridized carbons (Fsp3) is 0.500. The van der Waals surface area contributed by atoms with Crippen LogP contribution in [0, 0.1) is 0 Å². The molecule has 2 atom stereocenters. The number of carboxylic acids is 2. The lowest BCUT2D eigenvalue weighted by atomic mass is 9.97. The van der Waals surface area contributed by atoms with Gasteiger partial charge in [-0.05, 0) is 18.6 Å². The van der Waals surface area contributed by atoms with E-state index in [1.807, 2.05) is 18.4 Å². The molecule has 0 aromatic carbocycles. The molecule has 2 aromatic rings. The van der Waals surface area contributed by atoms with Crippen molar-refractivity contribution in [3.8, 4) is 0 Å². The van der Waals surface area contributed by atoms with Gasteiger partial charge in [0.1, 0.15) is 0 Å². The van der Waals surface area contributed by atoms with Crippen LogP contribution in [0.1, 0.15) is 18.4 Å². The number of hydrogen-bond donors (Lipinski definition) is 3. The third-order valence-electron chi connectivity index (χ3n) is 4.97. The summed E-state index contributed by atoms with van der Waals surface area (Å²) in [5.41, 5.74) is 1.21. The summed E-state index contributed by atoms with van der Waals surface area (Å²) in [6.07, 6.45) is -1.03. The van der Waals surface area contributed by atoms with E-state index in [0.29, 0.717) is 5.95 Å². The molecule has 200 valence electrons. The predicted molar refractivity (Wildman–Crippen MR) is 109 cm³/mol. The van der Waals surface area contributed by atoms with Crippen LogP contribution < -0.4 is 5.32 Å². The normalized spacial score (nSPS) is 21.8. The summed E-state index contributed by atoms with van der Waals surface area (Å²) < 4.78 is 74.8. The van der Waals surface area contributed by atoms with Gasteiger partial charge in [0, 0.05) is 44.0 Å². The Labute approximate surface area is 199 Å². The molecule has 0 bridgehead atoms. The molecule has 2 unspecified atom stereocenters. The van der Waals surface area contributed by atoms with Gasteiger partial charge in [-0.3, -0.25) is 4.90 Å². The zero-order valence-electron chi connectivity index (χ0n) is 18.4. The van der Waals surface area contributed by atoms with E-state index in [1.165, 1.54) is 5.56 Å². The first-order valence-electron chi connectivity index (χ1n) is 10.2. The van der Waals surface area contributed by atoms with E-state index in [4.69, 9.17) is 29.0 Å². The second-order valence-electron chi connectivity index (χ2n) is 7.81. The number of rotatable bonds is 4. The van der Waals surface area contributed by atoms with Gasteiger partial charge in [-0.25, -0.2) is 19.6 Å². The Morgan fingerprint density at radius 3 is 2.19 bits per heavy atom. The van der Waals surface area contributed by atoms with E-state index in [2.05, 4.69) is 20.2 Å². The largest absolute Gasteiger partial charge is 0.490 e. The van der Waals surface area contributed by atoms with Crippen LogP contribution in [0.4, 0.5) is 32.3 Å². The summed E-state index contributed by atoms with van der Waals surface area (Å²) in [6.45, 7) is 3.70. The van der Waals surface area contributed by atoms with Crippen LogP contribution in [0.3, 0.4) is 0 Å². The number of hydrogen-bond acceptors (Lipinski definition) is 8. The van der Waals surface area contributed by atoms with Crippen LogP contribution in [0.25, 0.3) is 0 Å². The molecule has 16 heteroatoms. The molecule has 2 saturated heterocycles. The topological polar surface area (TPSA) is 138 Å². The quantitative estimate of drug-likeness (QED) is 0.508. The minimum Gasteiger partial charge on any atom is -0.475 e. The van der Waals surface area contributed by atoms with Crippen LogP contribution >= 0.6 is 0 Å². The molecule has 4 heterocycles. The maximum atomic E-state index is 10.6. The third-order valence-corrected chi connectivity index (χ3v) is 4.97. The van der Waals surface area contributed by atoms with Gasteiger partial charge in [-0.15, -0.1) is 0 Å². The molecule has 4 rings (SSSR count). The Hall–Kier alpha value is -3.40. The van der Waals surface area contributed by atoms with Crippen LogP contribution in [0.15, 0.2) is 41.5 Å². The van der Waals surface area contributed by atoms with Gasteiger partial charge in [0.25, 0.3) is 0 Å². The van der Waals surface area contributed by atoms with Crippen molar-refractivity contribution in [3.05, 3.63) is 42.6 Å². The second kappa shape index (κ2) is 12.0. The fourth-order valence-electron chi connectivity index (χ4n) is 3.48. The SMILES string of the molecule is O=C(O)C(F)(F)F.O=C(O)C(F)(F)F.c1cnc(NC2COC3(CCN(Cc4ccoc4)C3)C2)nc1. The lowest BCUT2D eigenvalue weighted by molar-refractivity contribution is -0.193. The minimum atomic E-state index is -5.08. The molecule has 3 N–H and O–H groups in total. The lowest BCUT2D eigenvalue weighted by Crippen LogP contribution is -2.33. The first-order valence-corrected chi connectivity index (χ1v) is 10.2. The monoisotopic (exact) mass is 528 g/mol. The molecular formula is C20H22F6N4O6. The number of anilines is 1. The van der Waals surface area contributed by atoms with E-state index in [0.717, 1.165) is 39.1 Å². The predicted octanol–water partition coefficient (Wildman–Crippen LogP) is 3.18. The summed E-state index contributed by atoms with van der Waals surface area (Å²) in [4.78, 5) is 28.7. The number of furan rings is 1. The van der Waals surface area contributed by atoms with Gasteiger partial charge in [-0.2, -0.15) is 26.3 Å². The first kappa shape index (κ1) is 28.8. The van der Waals surface area contributed by atoms with Crippen molar-refractivity contribution in [2.24, 2.45) is 0 Å². The first-order chi connectivity index (χ1) is 16.7. The Balaban J connectivity index is 0.000000271. The summed E-state index contributed by atoms with van der Waals surface area (Å²) in [5, 5.41) is 17.6. The smallest absolute Gasteiger partial charge is 0.475 e. The summed E-state index contributed by atoms with van der Waals surface area (Å²) >= 11 is 0. The van der Waals surface area contributed by atoms with E-state index < -0.39 is 24.3 Å². The van der Waals surface area contributed by atoms with E-state index in [1.54, 1.807) is 18.7 Å². The molecule has 0 aliphatic carbocycles. The maximum Gasteiger partial charge on any atom is 0.490 e. The average Bonchev–Trinajstić information content (AvgIpc) is 3.52. The zero-order valence-corrected chi connectivity index (χ0v) is 18.4. The number of alkyl halides is 6. The number of halogens is 6. The Kier molecular flexibility index (Phi) is 9.63. The van der Waals surface area contributed by atoms with Crippen molar-refractivity contribution in [1.82, 2.24) is 14.9 Å². The number of carbonyl (C=O) groups is 2. The van der Waals surface area contributed by atoms with Crippen molar-refractivity contribution >= 4 is 17.9 Å². The molecule has 0 saturated carbocycles. The number of nitrogens with one attached hydrogen (secondary N) is 1. The maximum absolute atomic E-state index is 10.6. The van der Waals surface area contributed by atoms with Gasteiger partial charge >= 0.3 is 24.3 Å². The van der Waals surface area contributed by atoms with Crippen LogP contribution in [0.2, 0.25) is 0 Å². The molecule has 36 heavy (non-hydrogen) atoms. The molecule has 0 amide bonds. The zero-order chi connectivity index (χ0) is 27.0. The summed E-state index contributed by atoms with van der Waals surface area (Å²) in [5.74, 6) is -4.83. The van der Waals surface area contributed by atoms with Crippen molar-refractivity contribution in [2.75, 3.05) is 25.0 Å². The van der Waals surface area contributed by atoms with Gasteiger partial charge in [0.05, 0.1) is 30.8 Å². The highest BCUT2D eigenvalue weighted by Crippen LogP contribution is 2.36. The Morgan fingerprint density at radius 2 is 1.69 bits per heavy atom. The lowest BCUT2D eigenvalue weighted by Gasteiger charge is -2.23. The number of carboxylic acid groups (broad SMARTS) is 2. The third kappa shape index (κ3) is 9.33. The summed E-state index contributed by atoms with van der Waals surface area (Å²) in [6, 6.07) is 4.14. The molecule has 2 aliphatic rings. The highest BCUT2D eigenvalue weighted by molar-refractivity contribution is 5.73. The van der Waals surface area contributed by atoms with Gasteiger partial charge < -0.3 is 24.7 Å². The van der Waals surface area contributed by atoms with Crippen LogP contribution in [-0.2, 0) is 20.9 Å². The van der Waals surface area contributed by atoms with E-state index >= 15 is 0 Å². The number of nitrogens with zero attached hydrogens (tertiary/aromatic N) is 3. The van der Waals surface area contributed by atoms with Crippen molar-refractivity contribution in [3.63, 3.8) is 0 Å². The molecule has 2 aliphatic heterocycles. The average molecular weight is 528 g/mol. The van der Waals surface area contributed by atoms with Gasteiger partial charge in [0.2, 0.25) is 5.95 Å². The molecule has 10 nitrogen and oxygen atoms in total. The van der Waals surface area contributed by atoms with Gasteiger partial charge in [-0.1, -0.05) is 0 Å². The van der Waals surface area contributed by atoms with E-state index in [9.17, 15) is 26.3 Å². The molecule has 1 spiro atoms. The summed E-state index contributed by atoms with van der Waals surface area (Å²) in [7, 11) is 0. The van der Waals surface area contributed by atoms with Gasteiger partial charge in [0.15, 0.2) is 0 Å². The number of ether oxygens (including phenoxy) is 1. The molecule has 2 fully saturated rings.